The normalized spacial score (nSPS) is 12.2. The molecule has 0 aliphatic rings. The van der Waals surface area contributed by atoms with Crippen molar-refractivity contribution in [3.8, 4) is 0 Å². The van der Waals surface area contributed by atoms with Gasteiger partial charge in [0.1, 0.15) is 0 Å². The van der Waals surface area contributed by atoms with Gasteiger partial charge < -0.3 is 16.2 Å². The number of aliphatic hydroxyl groups excluding tert-OH is 1. The lowest BCUT2D eigenvalue weighted by Gasteiger charge is -2.21. The summed E-state index contributed by atoms with van der Waals surface area (Å²) in [6, 6.07) is 8.37. The molecule has 0 heterocycles. The van der Waals surface area contributed by atoms with Crippen molar-refractivity contribution in [2.24, 2.45) is 5.73 Å². The molecule has 5 N–H and O–H groups in total. The molecule has 1 aromatic carbocycles. The van der Waals surface area contributed by atoms with Crippen LogP contribution in [0.3, 0.4) is 0 Å². The third kappa shape index (κ3) is 5.66. The fraction of sp³-hybridized carbons (Fsp3) is 0.500. The monoisotopic (exact) mass is 281 g/mol. The van der Waals surface area contributed by atoms with Crippen LogP contribution in [0, 0.1) is 0 Å². The highest BCUT2D eigenvalue weighted by atomic mass is 16.5. The van der Waals surface area contributed by atoms with E-state index in [1.54, 1.807) is 30.3 Å². The van der Waals surface area contributed by atoms with Gasteiger partial charge in [-0.25, -0.2) is 0 Å². The number of rotatable bonds is 9. The first kappa shape index (κ1) is 16.6. The van der Waals surface area contributed by atoms with Gasteiger partial charge in [0.2, 0.25) is 0 Å². The summed E-state index contributed by atoms with van der Waals surface area (Å²) < 4.78 is 0. The Morgan fingerprint density at radius 1 is 1.25 bits per heavy atom. The smallest absolute Gasteiger partial charge is 0.279 e. The number of nitrogens with one attached hydrogen (secondary N) is 1. The van der Waals surface area contributed by atoms with Gasteiger partial charge in [0.25, 0.3) is 5.91 Å². The van der Waals surface area contributed by atoms with Crippen LogP contribution < -0.4 is 11.1 Å². The molecule has 6 nitrogen and oxygen atoms in total. The average molecular weight is 281 g/mol. The van der Waals surface area contributed by atoms with Crippen LogP contribution in [0.4, 0.5) is 0 Å². The van der Waals surface area contributed by atoms with Crippen molar-refractivity contribution in [3.63, 3.8) is 0 Å². The molecule has 0 radical (unpaired) electrons. The number of nitrogens with two attached hydrogens (primary N) is 1. The summed E-state index contributed by atoms with van der Waals surface area (Å²) in [6.07, 6.45) is 0.676. The predicted molar refractivity (Wildman–Crippen MR) is 76.2 cm³/mol. The molecule has 1 atom stereocenters. The molecule has 1 rings (SSSR count). The third-order valence-electron chi connectivity index (χ3n) is 2.88. The Hall–Kier alpha value is -1.47. The summed E-state index contributed by atoms with van der Waals surface area (Å²) >= 11 is 0. The van der Waals surface area contributed by atoms with Crippen molar-refractivity contribution in [1.29, 1.82) is 0 Å². The lowest BCUT2D eigenvalue weighted by Crippen LogP contribution is -2.38. The number of hydrogen-bond acceptors (Lipinski definition) is 5. The second kappa shape index (κ2) is 9.44. The predicted octanol–water partition coefficient (Wildman–Crippen LogP) is 0.555. The molecule has 0 spiro atoms. The van der Waals surface area contributed by atoms with Crippen LogP contribution in [0.25, 0.3) is 0 Å². The molecule has 0 fully saturated rings. The number of hydroxylamine groups is 2. The minimum absolute atomic E-state index is 0.310. The molecular weight excluding hydrogens is 258 g/mol. The molecular formula is C14H23N3O3. The van der Waals surface area contributed by atoms with Gasteiger partial charge in [0.15, 0.2) is 6.23 Å². The van der Waals surface area contributed by atoms with E-state index in [9.17, 15) is 15.1 Å². The second-order valence-corrected chi connectivity index (χ2v) is 4.53. The van der Waals surface area contributed by atoms with Gasteiger partial charge in [-0.1, -0.05) is 18.2 Å². The Labute approximate surface area is 119 Å². The molecule has 0 aliphatic carbocycles. The van der Waals surface area contributed by atoms with Gasteiger partial charge in [-0.15, -0.1) is 0 Å². The Kier molecular flexibility index (Phi) is 7.82. The minimum atomic E-state index is -1.20. The highest BCUT2D eigenvalue weighted by Gasteiger charge is 2.20. The van der Waals surface area contributed by atoms with E-state index in [1.165, 1.54) is 0 Å². The molecule has 0 saturated carbocycles. The van der Waals surface area contributed by atoms with E-state index in [2.05, 4.69) is 5.32 Å². The van der Waals surface area contributed by atoms with Crippen molar-refractivity contribution in [2.45, 2.75) is 25.5 Å². The zero-order chi connectivity index (χ0) is 14.8. The van der Waals surface area contributed by atoms with Crippen LogP contribution in [0.2, 0.25) is 0 Å². The zero-order valence-corrected chi connectivity index (χ0v) is 11.5. The van der Waals surface area contributed by atoms with E-state index < -0.39 is 12.1 Å². The second-order valence-electron chi connectivity index (χ2n) is 4.53. The molecule has 1 unspecified atom stereocenters. The van der Waals surface area contributed by atoms with Crippen molar-refractivity contribution < 1.29 is 15.1 Å². The van der Waals surface area contributed by atoms with Gasteiger partial charge in [0, 0.05) is 5.56 Å². The van der Waals surface area contributed by atoms with Gasteiger partial charge in [-0.3, -0.25) is 10.0 Å². The van der Waals surface area contributed by atoms with Crippen LogP contribution in [0.15, 0.2) is 30.3 Å². The summed E-state index contributed by atoms with van der Waals surface area (Å²) in [4.78, 5) is 11.8. The molecule has 6 heteroatoms. The number of hydrogen-bond donors (Lipinski definition) is 4. The van der Waals surface area contributed by atoms with E-state index in [4.69, 9.17) is 5.73 Å². The highest BCUT2D eigenvalue weighted by Crippen LogP contribution is 2.08. The topological polar surface area (TPSA) is 98.8 Å². The quantitative estimate of drug-likeness (QED) is 0.229. The first-order valence-electron chi connectivity index (χ1n) is 6.83. The van der Waals surface area contributed by atoms with Crippen LogP contribution in [0.5, 0.6) is 0 Å². The Morgan fingerprint density at radius 3 is 2.55 bits per heavy atom. The van der Waals surface area contributed by atoms with Crippen LogP contribution in [-0.4, -0.2) is 47.1 Å². The summed E-state index contributed by atoms with van der Waals surface area (Å²) in [5.41, 5.74) is 5.71. The number of nitrogens with zero attached hydrogens (tertiary/aromatic N) is 1. The van der Waals surface area contributed by atoms with E-state index in [1.807, 2.05) is 0 Å². The van der Waals surface area contributed by atoms with Gasteiger partial charge in [-0.05, 0) is 51.0 Å². The van der Waals surface area contributed by atoms with Gasteiger partial charge in [-0.2, -0.15) is 5.06 Å². The standard InChI is InChI=1S/C14H23N3O3/c15-9-5-11-16-10-4-8-13(18)17(20)14(19)12-6-2-1-3-7-12/h1-3,6-7,13,16,18,20H,4-5,8-11,15H2. The maximum Gasteiger partial charge on any atom is 0.279 e. The number of aliphatic hydroxyl groups is 1. The van der Waals surface area contributed by atoms with E-state index in [0.29, 0.717) is 36.6 Å². The first-order valence-corrected chi connectivity index (χ1v) is 6.83. The summed E-state index contributed by atoms with van der Waals surface area (Å²) in [7, 11) is 0. The molecule has 0 saturated heterocycles. The first-order chi connectivity index (χ1) is 9.66. The third-order valence-corrected chi connectivity index (χ3v) is 2.88. The van der Waals surface area contributed by atoms with Crippen LogP contribution in [0.1, 0.15) is 29.6 Å². The minimum Gasteiger partial charge on any atom is -0.371 e. The Bertz CT molecular complexity index is 387. The lowest BCUT2D eigenvalue weighted by atomic mass is 10.2. The number of carbonyl (C=O) groups excluding carboxylic acids is 1. The zero-order valence-electron chi connectivity index (χ0n) is 11.5. The van der Waals surface area contributed by atoms with Gasteiger partial charge in [0.05, 0.1) is 0 Å². The Morgan fingerprint density at radius 2 is 1.90 bits per heavy atom. The van der Waals surface area contributed by atoms with Crippen molar-refractivity contribution in [2.75, 3.05) is 19.6 Å². The molecule has 1 amide bonds. The molecule has 0 aliphatic heterocycles. The largest absolute Gasteiger partial charge is 0.371 e. The molecule has 0 aromatic heterocycles. The summed E-state index contributed by atoms with van der Waals surface area (Å²) in [5, 5.41) is 23.0. The SMILES string of the molecule is NCCCNCCCC(O)N(O)C(=O)c1ccccc1. The lowest BCUT2D eigenvalue weighted by molar-refractivity contribution is -0.160. The molecule has 20 heavy (non-hydrogen) atoms. The Balaban J connectivity index is 2.28. The summed E-state index contributed by atoms with van der Waals surface area (Å²) in [6.45, 7) is 2.19. The van der Waals surface area contributed by atoms with Crippen LogP contribution in [-0.2, 0) is 0 Å². The van der Waals surface area contributed by atoms with E-state index in [0.717, 1.165) is 13.0 Å². The summed E-state index contributed by atoms with van der Waals surface area (Å²) in [5.74, 6) is -0.603. The average Bonchev–Trinajstić information content (AvgIpc) is 2.50. The number of carbonyl (C=O) groups is 1. The van der Waals surface area contributed by atoms with Crippen molar-refractivity contribution >= 4 is 5.91 Å². The maximum absolute atomic E-state index is 11.8. The van der Waals surface area contributed by atoms with E-state index in [-0.39, 0.29) is 0 Å². The van der Waals surface area contributed by atoms with Crippen molar-refractivity contribution in [1.82, 2.24) is 10.4 Å². The van der Waals surface area contributed by atoms with E-state index >= 15 is 0 Å². The van der Waals surface area contributed by atoms with Gasteiger partial charge >= 0.3 is 0 Å². The number of amides is 1. The van der Waals surface area contributed by atoms with Crippen LogP contribution >= 0.6 is 0 Å². The molecule has 0 bridgehead atoms. The maximum atomic E-state index is 11.8. The number of benzene rings is 1. The highest BCUT2D eigenvalue weighted by molar-refractivity contribution is 5.93. The fourth-order valence-electron chi connectivity index (χ4n) is 1.73. The van der Waals surface area contributed by atoms with Crippen molar-refractivity contribution in [3.05, 3.63) is 35.9 Å². The molecule has 1 aromatic rings. The fourth-order valence-corrected chi connectivity index (χ4v) is 1.73. The molecule has 112 valence electrons.